The summed E-state index contributed by atoms with van der Waals surface area (Å²) in [5, 5.41) is 0.459. The zero-order valence-corrected chi connectivity index (χ0v) is 9.11. The van der Waals surface area contributed by atoms with E-state index in [0.29, 0.717) is 23.2 Å². The Morgan fingerprint density at radius 3 is 2.75 bits per heavy atom. The number of fused-ring (bicyclic) bond motifs is 1. The Morgan fingerprint density at radius 2 is 2.12 bits per heavy atom. The van der Waals surface area contributed by atoms with Crippen LogP contribution in [0.3, 0.4) is 0 Å². The van der Waals surface area contributed by atoms with Crippen LogP contribution >= 0.6 is 0 Å². The molecule has 1 aromatic heterocycles. The largest absolute Gasteiger partial charge is 0.495 e. The van der Waals surface area contributed by atoms with Crippen molar-refractivity contribution in [3.05, 3.63) is 39.0 Å². The predicted molar refractivity (Wildman–Crippen MR) is 61.1 cm³/mol. The van der Waals surface area contributed by atoms with Crippen molar-refractivity contribution in [1.82, 2.24) is 9.55 Å². The first kappa shape index (κ1) is 10.5. The van der Waals surface area contributed by atoms with Crippen molar-refractivity contribution in [3.8, 4) is 5.75 Å². The molecular weight excluding hydrogens is 208 g/mol. The maximum Gasteiger partial charge on any atom is 0.328 e. The normalized spacial score (nSPS) is 10.6. The molecule has 0 atom stereocenters. The second-order valence-corrected chi connectivity index (χ2v) is 3.36. The highest BCUT2D eigenvalue weighted by molar-refractivity contribution is 5.83. The van der Waals surface area contributed by atoms with E-state index in [1.54, 1.807) is 25.1 Å². The Balaban J connectivity index is 2.98. The number of benzene rings is 1. The van der Waals surface area contributed by atoms with Gasteiger partial charge in [0.1, 0.15) is 5.75 Å². The van der Waals surface area contributed by atoms with Crippen molar-refractivity contribution in [2.45, 2.75) is 13.5 Å². The van der Waals surface area contributed by atoms with Gasteiger partial charge in [-0.15, -0.1) is 0 Å². The van der Waals surface area contributed by atoms with Crippen LogP contribution in [-0.4, -0.2) is 16.7 Å². The van der Waals surface area contributed by atoms with E-state index in [1.165, 1.54) is 7.11 Å². The maximum absolute atomic E-state index is 11.9. The number of aromatic amines is 1. The first-order valence-corrected chi connectivity index (χ1v) is 4.99. The standard InChI is InChI=1S/C11H12N2O3/c1-3-13-10(14)7-5-4-6-8(16-2)9(7)12-11(13)15/h4-6H,3H2,1-2H3,(H,12,15). The van der Waals surface area contributed by atoms with Crippen LogP contribution in [0.2, 0.25) is 0 Å². The van der Waals surface area contributed by atoms with E-state index in [2.05, 4.69) is 4.98 Å². The van der Waals surface area contributed by atoms with Crippen molar-refractivity contribution in [1.29, 1.82) is 0 Å². The van der Waals surface area contributed by atoms with Crippen LogP contribution in [0.5, 0.6) is 5.75 Å². The topological polar surface area (TPSA) is 64.1 Å². The van der Waals surface area contributed by atoms with Crippen LogP contribution in [0, 0.1) is 0 Å². The minimum atomic E-state index is -0.412. The highest BCUT2D eigenvalue weighted by atomic mass is 16.5. The highest BCUT2D eigenvalue weighted by Crippen LogP contribution is 2.19. The predicted octanol–water partition coefficient (Wildman–Crippen LogP) is 0.718. The summed E-state index contributed by atoms with van der Waals surface area (Å²) in [6, 6.07) is 5.09. The molecule has 0 radical (unpaired) electrons. The average Bonchev–Trinajstić information content (AvgIpc) is 2.29. The summed E-state index contributed by atoms with van der Waals surface area (Å²) in [7, 11) is 1.50. The number of aromatic nitrogens is 2. The molecule has 0 amide bonds. The van der Waals surface area contributed by atoms with Crippen LogP contribution in [0.15, 0.2) is 27.8 Å². The first-order chi connectivity index (χ1) is 7.69. The molecule has 1 aromatic carbocycles. The van der Waals surface area contributed by atoms with Gasteiger partial charge in [0.15, 0.2) is 0 Å². The molecular formula is C11H12N2O3. The Hall–Kier alpha value is -2.04. The summed E-state index contributed by atoms with van der Waals surface area (Å²) in [5.41, 5.74) is -0.255. The molecule has 2 rings (SSSR count). The third kappa shape index (κ3) is 1.41. The van der Waals surface area contributed by atoms with Gasteiger partial charge in [0.05, 0.1) is 18.0 Å². The molecule has 0 bridgehead atoms. The summed E-state index contributed by atoms with van der Waals surface area (Å²) in [6.07, 6.45) is 0. The van der Waals surface area contributed by atoms with Crippen LogP contribution in [0.25, 0.3) is 10.9 Å². The fourth-order valence-electron chi connectivity index (χ4n) is 1.71. The Kier molecular flexibility index (Phi) is 2.52. The Bertz CT molecular complexity index is 640. The minimum absolute atomic E-state index is 0.292. The third-order valence-electron chi connectivity index (χ3n) is 2.52. The quantitative estimate of drug-likeness (QED) is 0.811. The number of nitrogens with zero attached hydrogens (tertiary/aromatic N) is 1. The summed E-state index contributed by atoms with van der Waals surface area (Å²) in [6.45, 7) is 2.10. The fourth-order valence-corrected chi connectivity index (χ4v) is 1.71. The number of nitrogens with one attached hydrogen (secondary N) is 1. The van der Waals surface area contributed by atoms with Crippen molar-refractivity contribution in [2.24, 2.45) is 0 Å². The zero-order chi connectivity index (χ0) is 11.7. The van der Waals surface area contributed by atoms with Crippen molar-refractivity contribution < 1.29 is 4.74 Å². The molecule has 84 valence electrons. The van der Waals surface area contributed by atoms with Gasteiger partial charge < -0.3 is 9.72 Å². The van der Waals surface area contributed by atoms with Gasteiger partial charge in [0.25, 0.3) is 5.56 Å². The van der Waals surface area contributed by atoms with Gasteiger partial charge in [0.2, 0.25) is 0 Å². The van der Waals surface area contributed by atoms with E-state index >= 15 is 0 Å². The molecule has 0 spiro atoms. The second kappa shape index (κ2) is 3.84. The molecule has 16 heavy (non-hydrogen) atoms. The molecule has 0 fully saturated rings. The van der Waals surface area contributed by atoms with Crippen LogP contribution in [0.1, 0.15) is 6.92 Å². The summed E-state index contributed by atoms with van der Waals surface area (Å²) in [5.74, 6) is 0.495. The van der Waals surface area contributed by atoms with Gasteiger partial charge in [-0.25, -0.2) is 4.79 Å². The van der Waals surface area contributed by atoms with Crippen molar-refractivity contribution >= 4 is 10.9 Å². The Morgan fingerprint density at radius 1 is 1.38 bits per heavy atom. The number of rotatable bonds is 2. The third-order valence-corrected chi connectivity index (χ3v) is 2.52. The summed E-state index contributed by atoms with van der Waals surface area (Å²) < 4.78 is 6.25. The van der Waals surface area contributed by atoms with E-state index in [0.717, 1.165) is 4.57 Å². The lowest BCUT2D eigenvalue weighted by molar-refractivity contribution is 0.418. The molecule has 1 N–H and O–H groups in total. The van der Waals surface area contributed by atoms with Gasteiger partial charge in [-0.2, -0.15) is 0 Å². The number of hydrogen-bond donors (Lipinski definition) is 1. The van der Waals surface area contributed by atoms with Gasteiger partial charge in [-0.05, 0) is 19.1 Å². The van der Waals surface area contributed by atoms with Crippen LogP contribution < -0.4 is 16.0 Å². The number of ether oxygens (including phenoxy) is 1. The molecule has 0 unspecified atom stereocenters. The lowest BCUT2D eigenvalue weighted by Gasteiger charge is -2.06. The van der Waals surface area contributed by atoms with Gasteiger partial charge in [-0.3, -0.25) is 9.36 Å². The summed E-state index contributed by atoms with van der Waals surface area (Å²) in [4.78, 5) is 26.2. The maximum atomic E-state index is 11.9. The molecule has 1 heterocycles. The Labute approximate surface area is 91.3 Å². The average molecular weight is 220 g/mol. The van der Waals surface area contributed by atoms with Crippen molar-refractivity contribution in [3.63, 3.8) is 0 Å². The lowest BCUT2D eigenvalue weighted by Crippen LogP contribution is -2.34. The monoisotopic (exact) mass is 220 g/mol. The first-order valence-electron chi connectivity index (χ1n) is 4.99. The van der Waals surface area contributed by atoms with Gasteiger partial charge >= 0.3 is 5.69 Å². The van der Waals surface area contributed by atoms with E-state index in [9.17, 15) is 9.59 Å². The molecule has 5 heteroatoms. The molecule has 0 saturated carbocycles. The molecule has 5 nitrogen and oxygen atoms in total. The smallest absolute Gasteiger partial charge is 0.328 e. The number of para-hydroxylation sites is 1. The van der Waals surface area contributed by atoms with E-state index < -0.39 is 5.69 Å². The molecule has 0 aliphatic heterocycles. The van der Waals surface area contributed by atoms with Gasteiger partial charge in [-0.1, -0.05) is 6.07 Å². The van der Waals surface area contributed by atoms with E-state index in [-0.39, 0.29) is 5.56 Å². The van der Waals surface area contributed by atoms with E-state index in [1.807, 2.05) is 0 Å². The minimum Gasteiger partial charge on any atom is -0.495 e. The molecule has 0 saturated heterocycles. The van der Waals surface area contributed by atoms with Crippen molar-refractivity contribution in [2.75, 3.05) is 7.11 Å². The lowest BCUT2D eigenvalue weighted by atomic mass is 10.2. The number of H-pyrrole nitrogens is 1. The second-order valence-electron chi connectivity index (χ2n) is 3.36. The highest BCUT2D eigenvalue weighted by Gasteiger charge is 2.09. The molecule has 0 aliphatic rings. The number of hydrogen-bond acceptors (Lipinski definition) is 3. The molecule has 2 aromatic rings. The van der Waals surface area contributed by atoms with Crippen LogP contribution in [-0.2, 0) is 6.54 Å². The SMILES string of the molecule is CCn1c(=O)[nH]c2c(OC)cccc2c1=O. The van der Waals surface area contributed by atoms with Gasteiger partial charge in [0, 0.05) is 6.54 Å². The fraction of sp³-hybridized carbons (Fsp3) is 0.273. The van der Waals surface area contributed by atoms with Crippen LogP contribution in [0.4, 0.5) is 0 Å². The number of methoxy groups -OCH3 is 1. The van der Waals surface area contributed by atoms with E-state index in [4.69, 9.17) is 4.74 Å². The summed E-state index contributed by atoms with van der Waals surface area (Å²) >= 11 is 0. The zero-order valence-electron chi connectivity index (χ0n) is 9.11. The molecule has 0 aliphatic carbocycles.